The molecular formula is C12H12Br2ClFO. The summed E-state index contributed by atoms with van der Waals surface area (Å²) in [4.78, 5) is -0.161. The highest BCUT2D eigenvalue weighted by molar-refractivity contribution is 9.10. The van der Waals surface area contributed by atoms with Crippen molar-refractivity contribution < 1.29 is 9.13 Å². The second kappa shape index (κ2) is 5.55. The normalized spacial score (nSPS) is 26.2. The van der Waals surface area contributed by atoms with Crippen molar-refractivity contribution in [3.63, 3.8) is 0 Å². The van der Waals surface area contributed by atoms with Crippen molar-refractivity contribution >= 4 is 43.5 Å². The second-order valence-electron chi connectivity index (χ2n) is 4.29. The molecule has 0 spiro atoms. The minimum Gasteiger partial charge on any atom is -0.376 e. The maximum Gasteiger partial charge on any atom is 0.128 e. The van der Waals surface area contributed by atoms with Crippen LogP contribution >= 0.6 is 43.5 Å². The minimum atomic E-state index is -0.272. The first kappa shape index (κ1) is 13.8. The third kappa shape index (κ3) is 2.86. The predicted octanol–water partition coefficient (Wildman–Crippen LogP) is 5.10. The fraction of sp³-hybridized carbons (Fsp3) is 0.500. The molecule has 3 atom stereocenters. The lowest BCUT2D eigenvalue weighted by molar-refractivity contribution is 0.0927. The lowest BCUT2D eigenvalue weighted by atomic mass is 9.97. The van der Waals surface area contributed by atoms with Gasteiger partial charge in [0.05, 0.1) is 16.0 Å². The molecule has 1 aliphatic heterocycles. The van der Waals surface area contributed by atoms with Crippen molar-refractivity contribution in [2.75, 3.05) is 6.61 Å². The van der Waals surface area contributed by atoms with Gasteiger partial charge in [-0.25, -0.2) is 4.39 Å². The Morgan fingerprint density at radius 2 is 2.24 bits per heavy atom. The Morgan fingerprint density at radius 3 is 2.82 bits per heavy atom. The summed E-state index contributed by atoms with van der Waals surface area (Å²) in [6.07, 6.45) is 1.01. The van der Waals surface area contributed by atoms with E-state index in [1.807, 2.05) is 0 Å². The van der Waals surface area contributed by atoms with E-state index in [1.165, 1.54) is 6.07 Å². The maximum atomic E-state index is 13.9. The van der Waals surface area contributed by atoms with Gasteiger partial charge in [0.25, 0.3) is 0 Å². The highest BCUT2D eigenvalue weighted by Gasteiger charge is 2.33. The standard InChI is InChI=1S/C12H12Br2ClFO/c1-6-2-3-17-12(6)11(14)7-4-9(15)8(13)5-10(7)16/h4-6,11-12H,2-3H2,1H3. The van der Waals surface area contributed by atoms with Gasteiger partial charge in [-0.05, 0) is 40.4 Å². The molecule has 1 heterocycles. The molecule has 3 unspecified atom stereocenters. The number of halogens is 4. The van der Waals surface area contributed by atoms with Crippen LogP contribution in [0, 0.1) is 11.7 Å². The molecule has 1 aliphatic rings. The van der Waals surface area contributed by atoms with Crippen molar-refractivity contribution in [2.24, 2.45) is 5.92 Å². The number of alkyl halides is 1. The number of hydrogen-bond donors (Lipinski definition) is 0. The first-order valence-corrected chi connectivity index (χ1v) is 7.49. The highest BCUT2D eigenvalue weighted by atomic mass is 79.9. The molecule has 0 bridgehead atoms. The van der Waals surface area contributed by atoms with Gasteiger partial charge in [0.2, 0.25) is 0 Å². The molecule has 1 aromatic carbocycles. The van der Waals surface area contributed by atoms with Crippen LogP contribution in [0.15, 0.2) is 16.6 Å². The van der Waals surface area contributed by atoms with E-state index < -0.39 is 0 Å². The Labute approximate surface area is 122 Å². The largest absolute Gasteiger partial charge is 0.376 e. The average Bonchev–Trinajstić information content (AvgIpc) is 2.69. The molecule has 17 heavy (non-hydrogen) atoms. The van der Waals surface area contributed by atoms with E-state index >= 15 is 0 Å². The van der Waals surface area contributed by atoms with Gasteiger partial charge in [-0.1, -0.05) is 34.5 Å². The lowest BCUT2D eigenvalue weighted by Gasteiger charge is -2.22. The van der Waals surface area contributed by atoms with Gasteiger partial charge in [-0.3, -0.25) is 0 Å². The van der Waals surface area contributed by atoms with Crippen LogP contribution < -0.4 is 0 Å². The smallest absolute Gasteiger partial charge is 0.128 e. The van der Waals surface area contributed by atoms with E-state index in [0.29, 0.717) is 21.0 Å². The van der Waals surface area contributed by atoms with Crippen LogP contribution in [0.1, 0.15) is 23.7 Å². The topological polar surface area (TPSA) is 9.23 Å². The fourth-order valence-electron chi connectivity index (χ4n) is 2.02. The number of hydrogen-bond acceptors (Lipinski definition) is 1. The fourth-order valence-corrected chi connectivity index (χ4v) is 3.53. The SMILES string of the molecule is CC1CCOC1C(Br)c1cc(Cl)c(Br)cc1F. The van der Waals surface area contributed by atoms with Gasteiger partial charge in [-0.15, -0.1) is 0 Å². The molecule has 1 fully saturated rings. The van der Waals surface area contributed by atoms with E-state index in [0.717, 1.165) is 13.0 Å². The average molecular weight is 386 g/mol. The summed E-state index contributed by atoms with van der Waals surface area (Å²) in [6.45, 7) is 2.85. The van der Waals surface area contributed by atoms with Gasteiger partial charge in [-0.2, -0.15) is 0 Å². The summed E-state index contributed by atoms with van der Waals surface area (Å²) < 4.78 is 20.1. The van der Waals surface area contributed by atoms with Crippen LogP contribution in [-0.4, -0.2) is 12.7 Å². The molecule has 94 valence electrons. The van der Waals surface area contributed by atoms with E-state index in [2.05, 4.69) is 38.8 Å². The van der Waals surface area contributed by atoms with Crippen molar-refractivity contribution in [1.82, 2.24) is 0 Å². The predicted molar refractivity (Wildman–Crippen MR) is 74.3 cm³/mol. The molecule has 2 rings (SSSR count). The van der Waals surface area contributed by atoms with E-state index in [1.54, 1.807) is 6.07 Å². The Morgan fingerprint density at radius 1 is 1.53 bits per heavy atom. The van der Waals surface area contributed by atoms with Gasteiger partial charge in [0.1, 0.15) is 5.82 Å². The maximum absolute atomic E-state index is 13.9. The molecule has 0 aliphatic carbocycles. The Kier molecular flexibility index (Phi) is 4.50. The third-order valence-corrected chi connectivity index (χ3v) is 5.28. The highest BCUT2D eigenvalue weighted by Crippen LogP contribution is 2.40. The Bertz CT molecular complexity index is 427. The monoisotopic (exact) mass is 384 g/mol. The summed E-state index contributed by atoms with van der Waals surface area (Å²) >= 11 is 12.7. The van der Waals surface area contributed by atoms with Crippen molar-refractivity contribution in [1.29, 1.82) is 0 Å². The van der Waals surface area contributed by atoms with E-state index in [-0.39, 0.29) is 16.7 Å². The summed E-state index contributed by atoms with van der Waals surface area (Å²) in [6, 6.07) is 3.04. The molecule has 5 heteroatoms. The summed E-state index contributed by atoms with van der Waals surface area (Å²) in [5.74, 6) is 0.145. The molecule has 0 N–H and O–H groups in total. The first-order chi connectivity index (χ1) is 8.00. The Balaban J connectivity index is 2.30. The molecule has 1 saturated heterocycles. The van der Waals surface area contributed by atoms with Gasteiger partial charge in [0, 0.05) is 16.6 Å². The molecule has 0 saturated carbocycles. The molecule has 0 amide bonds. The molecule has 0 radical (unpaired) electrons. The molecule has 0 aromatic heterocycles. The zero-order chi connectivity index (χ0) is 12.6. The number of ether oxygens (including phenoxy) is 1. The quantitative estimate of drug-likeness (QED) is 0.507. The second-order valence-corrected chi connectivity index (χ2v) is 6.54. The van der Waals surface area contributed by atoms with E-state index in [9.17, 15) is 4.39 Å². The van der Waals surface area contributed by atoms with Gasteiger partial charge >= 0.3 is 0 Å². The summed E-state index contributed by atoms with van der Waals surface area (Å²) in [7, 11) is 0. The van der Waals surface area contributed by atoms with E-state index in [4.69, 9.17) is 16.3 Å². The zero-order valence-electron chi connectivity index (χ0n) is 9.22. The number of rotatable bonds is 2. The van der Waals surface area contributed by atoms with Crippen LogP contribution in [-0.2, 0) is 4.74 Å². The van der Waals surface area contributed by atoms with Gasteiger partial charge < -0.3 is 4.74 Å². The van der Waals surface area contributed by atoms with Crippen LogP contribution in [0.3, 0.4) is 0 Å². The van der Waals surface area contributed by atoms with Crippen molar-refractivity contribution in [2.45, 2.75) is 24.3 Å². The van der Waals surface area contributed by atoms with Gasteiger partial charge in [0.15, 0.2) is 0 Å². The Hall–Kier alpha value is 0.360. The molecule has 1 nitrogen and oxygen atoms in total. The molecule has 1 aromatic rings. The minimum absolute atomic E-state index is 0.00161. The van der Waals surface area contributed by atoms with Crippen molar-refractivity contribution in [3.8, 4) is 0 Å². The summed E-state index contributed by atoms with van der Waals surface area (Å²) in [5, 5.41) is 0.511. The molecular weight excluding hydrogens is 374 g/mol. The van der Waals surface area contributed by atoms with Crippen LogP contribution in [0.2, 0.25) is 5.02 Å². The third-order valence-electron chi connectivity index (χ3n) is 3.07. The van der Waals surface area contributed by atoms with Crippen LogP contribution in [0.5, 0.6) is 0 Å². The lowest BCUT2D eigenvalue weighted by Crippen LogP contribution is -2.20. The van der Waals surface area contributed by atoms with Crippen LogP contribution in [0.4, 0.5) is 4.39 Å². The summed E-state index contributed by atoms with van der Waals surface area (Å²) in [5.41, 5.74) is 0.553. The number of benzene rings is 1. The van der Waals surface area contributed by atoms with Crippen LogP contribution in [0.25, 0.3) is 0 Å². The first-order valence-electron chi connectivity index (χ1n) is 5.41. The van der Waals surface area contributed by atoms with Crippen molar-refractivity contribution in [3.05, 3.63) is 33.0 Å². The zero-order valence-corrected chi connectivity index (χ0v) is 13.1.